The second kappa shape index (κ2) is 6.40. The van der Waals surface area contributed by atoms with Crippen LogP contribution >= 0.6 is 11.3 Å². The first-order valence-corrected chi connectivity index (χ1v) is 8.98. The van der Waals surface area contributed by atoms with Crippen molar-refractivity contribution >= 4 is 28.2 Å². The van der Waals surface area contributed by atoms with E-state index >= 15 is 0 Å². The molecule has 1 N–H and O–H groups in total. The van der Waals surface area contributed by atoms with Crippen molar-refractivity contribution < 1.29 is 9.21 Å². The van der Waals surface area contributed by atoms with Crippen molar-refractivity contribution in [1.82, 2.24) is 10.3 Å². The number of nitrogens with zero attached hydrogens (tertiary/aromatic N) is 1. The second-order valence-electron chi connectivity index (χ2n) is 6.47. The predicted molar refractivity (Wildman–Crippen MR) is 97.8 cm³/mol. The molecule has 5 heteroatoms. The van der Waals surface area contributed by atoms with Crippen LogP contribution in [0.4, 0.5) is 0 Å². The number of amides is 1. The third-order valence-electron chi connectivity index (χ3n) is 4.18. The van der Waals surface area contributed by atoms with Gasteiger partial charge in [0.2, 0.25) is 0 Å². The van der Waals surface area contributed by atoms with E-state index in [9.17, 15) is 4.79 Å². The van der Waals surface area contributed by atoms with Gasteiger partial charge in [-0.15, -0.1) is 11.3 Å². The Labute approximate surface area is 145 Å². The minimum absolute atomic E-state index is 0.193. The van der Waals surface area contributed by atoms with Gasteiger partial charge >= 0.3 is 0 Å². The van der Waals surface area contributed by atoms with E-state index < -0.39 is 0 Å². The largest absolute Gasteiger partial charge is 0.450 e. The summed E-state index contributed by atoms with van der Waals surface area (Å²) >= 11 is 1.63. The van der Waals surface area contributed by atoms with Crippen LogP contribution < -0.4 is 5.32 Å². The fourth-order valence-electron chi connectivity index (χ4n) is 2.81. The predicted octanol–water partition coefficient (Wildman–Crippen LogP) is 4.87. The Morgan fingerprint density at radius 2 is 1.96 bits per heavy atom. The summed E-state index contributed by atoms with van der Waals surface area (Å²) in [4.78, 5) is 17.1. The highest BCUT2D eigenvalue weighted by molar-refractivity contribution is 7.09. The smallest absolute Gasteiger partial charge is 0.287 e. The van der Waals surface area contributed by atoms with Crippen LogP contribution in [-0.4, -0.2) is 10.9 Å². The first-order chi connectivity index (χ1) is 11.4. The summed E-state index contributed by atoms with van der Waals surface area (Å²) in [5, 5.41) is 7.04. The lowest BCUT2D eigenvalue weighted by Crippen LogP contribution is -2.23. The summed E-state index contributed by atoms with van der Waals surface area (Å²) in [6.07, 6.45) is 0. The van der Waals surface area contributed by atoms with Crippen LogP contribution in [0.15, 0.2) is 21.9 Å². The number of hydrogen-bond acceptors (Lipinski definition) is 4. The van der Waals surface area contributed by atoms with Crippen LogP contribution in [0.25, 0.3) is 11.0 Å². The van der Waals surface area contributed by atoms with Crippen LogP contribution in [0.2, 0.25) is 0 Å². The van der Waals surface area contributed by atoms with Gasteiger partial charge in [0.25, 0.3) is 5.91 Å². The van der Waals surface area contributed by atoms with Crippen LogP contribution in [0.5, 0.6) is 0 Å². The van der Waals surface area contributed by atoms with Gasteiger partial charge in [0.05, 0.1) is 17.2 Å². The van der Waals surface area contributed by atoms with Crippen molar-refractivity contribution in [2.75, 3.05) is 0 Å². The zero-order valence-electron chi connectivity index (χ0n) is 14.7. The molecule has 0 saturated carbocycles. The van der Waals surface area contributed by atoms with Gasteiger partial charge in [-0.2, -0.15) is 0 Å². The normalized spacial score (nSPS) is 11.4. The lowest BCUT2D eigenvalue weighted by atomic mass is 10.0. The maximum absolute atomic E-state index is 12.5. The van der Waals surface area contributed by atoms with E-state index in [1.54, 1.807) is 11.3 Å². The van der Waals surface area contributed by atoms with Gasteiger partial charge in [-0.05, 0) is 31.9 Å². The van der Waals surface area contributed by atoms with E-state index in [1.807, 2.05) is 32.2 Å². The molecule has 2 heterocycles. The summed E-state index contributed by atoms with van der Waals surface area (Å²) in [5.74, 6) is 0.603. The van der Waals surface area contributed by atoms with Gasteiger partial charge in [-0.25, -0.2) is 4.98 Å². The number of benzene rings is 1. The van der Waals surface area contributed by atoms with Gasteiger partial charge in [-0.3, -0.25) is 4.79 Å². The van der Waals surface area contributed by atoms with E-state index in [-0.39, 0.29) is 5.91 Å². The molecule has 0 saturated heterocycles. The molecule has 0 aliphatic heterocycles. The molecule has 2 aromatic heterocycles. The van der Waals surface area contributed by atoms with E-state index in [2.05, 4.69) is 30.2 Å². The standard InChI is InChI=1S/C19H22N2O2S/c1-10(2)19-21-14(9-24-19)8-20-18(22)17-13(5)15-11(3)6-7-12(4)16(15)23-17/h6-7,9-10H,8H2,1-5H3,(H,20,22). The molecule has 0 bridgehead atoms. The maximum Gasteiger partial charge on any atom is 0.287 e. The summed E-state index contributed by atoms with van der Waals surface area (Å²) in [6, 6.07) is 4.08. The molecule has 0 atom stereocenters. The van der Waals surface area contributed by atoms with Gasteiger partial charge < -0.3 is 9.73 Å². The molecule has 0 aliphatic carbocycles. The highest BCUT2D eigenvalue weighted by Gasteiger charge is 2.20. The number of fused-ring (bicyclic) bond motifs is 1. The average molecular weight is 342 g/mol. The first-order valence-electron chi connectivity index (χ1n) is 8.10. The van der Waals surface area contributed by atoms with Crippen LogP contribution in [0, 0.1) is 20.8 Å². The summed E-state index contributed by atoms with van der Waals surface area (Å²) < 4.78 is 5.87. The Balaban J connectivity index is 1.82. The molecule has 0 spiro atoms. The fraction of sp³-hybridized carbons (Fsp3) is 0.368. The zero-order valence-corrected chi connectivity index (χ0v) is 15.5. The molecule has 0 aliphatic rings. The average Bonchev–Trinajstić information content (AvgIpc) is 3.14. The highest BCUT2D eigenvalue weighted by atomic mass is 32.1. The molecule has 0 fully saturated rings. The number of nitrogens with one attached hydrogen (secondary N) is 1. The van der Waals surface area contributed by atoms with Crippen LogP contribution in [-0.2, 0) is 6.54 Å². The number of aromatic nitrogens is 1. The molecule has 0 unspecified atom stereocenters. The lowest BCUT2D eigenvalue weighted by Gasteiger charge is -2.02. The molecule has 3 rings (SSSR count). The van der Waals surface area contributed by atoms with Crippen molar-refractivity contribution in [1.29, 1.82) is 0 Å². The van der Waals surface area contributed by atoms with E-state index in [0.717, 1.165) is 38.4 Å². The molecule has 24 heavy (non-hydrogen) atoms. The lowest BCUT2D eigenvalue weighted by molar-refractivity contribution is 0.0924. The van der Waals surface area contributed by atoms with E-state index in [0.29, 0.717) is 18.2 Å². The quantitative estimate of drug-likeness (QED) is 0.736. The number of carbonyl (C=O) groups excluding carboxylic acids is 1. The molecule has 4 nitrogen and oxygen atoms in total. The zero-order chi connectivity index (χ0) is 17.4. The molecule has 126 valence electrons. The van der Waals surface area contributed by atoms with Gasteiger partial charge in [0.15, 0.2) is 5.76 Å². The van der Waals surface area contributed by atoms with E-state index in [1.165, 1.54) is 0 Å². The van der Waals surface area contributed by atoms with Gasteiger partial charge in [-0.1, -0.05) is 26.0 Å². The van der Waals surface area contributed by atoms with Crippen molar-refractivity contribution in [2.45, 2.75) is 47.1 Å². The number of carbonyl (C=O) groups is 1. The number of aryl methyl sites for hydroxylation is 3. The van der Waals surface area contributed by atoms with Gasteiger partial charge in [0, 0.05) is 22.2 Å². The second-order valence-corrected chi connectivity index (χ2v) is 7.36. The topological polar surface area (TPSA) is 55.1 Å². The van der Waals surface area contributed by atoms with Gasteiger partial charge in [0.1, 0.15) is 5.58 Å². The molecule has 1 amide bonds. The Bertz CT molecular complexity index is 906. The maximum atomic E-state index is 12.5. The summed E-state index contributed by atoms with van der Waals surface area (Å²) in [7, 11) is 0. The first kappa shape index (κ1) is 16.7. The number of thiazole rings is 1. The molecule has 3 aromatic rings. The molecular formula is C19H22N2O2S. The third-order valence-corrected chi connectivity index (χ3v) is 5.38. The molecule has 0 radical (unpaired) electrons. The Morgan fingerprint density at radius 3 is 2.58 bits per heavy atom. The molecular weight excluding hydrogens is 320 g/mol. The highest BCUT2D eigenvalue weighted by Crippen LogP contribution is 2.30. The Hall–Kier alpha value is -2.14. The van der Waals surface area contributed by atoms with Crippen molar-refractivity contribution in [3.63, 3.8) is 0 Å². The van der Waals surface area contributed by atoms with Crippen molar-refractivity contribution in [2.24, 2.45) is 0 Å². The van der Waals surface area contributed by atoms with E-state index in [4.69, 9.17) is 4.42 Å². The van der Waals surface area contributed by atoms with Crippen molar-refractivity contribution in [3.05, 3.63) is 50.7 Å². The summed E-state index contributed by atoms with van der Waals surface area (Å²) in [6.45, 7) is 10.6. The Morgan fingerprint density at radius 1 is 1.25 bits per heavy atom. The Kier molecular flexibility index (Phi) is 4.45. The fourth-order valence-corrected chi connectivity index (χ4v) is 3.65. The monoisotopic (exact) mass is 342 g/mol. The minimum atomic E-state index is -0.193. The SMILES string of the molecule is Cc1ccc(C)c2c(C)c(C(=O)NCc3csc(C(C)C)n3)oc12. The number of rotatable bonds is 4. The summed E-state index contributed by atoms with van der Waals surface area (Å²) in [5.41, 5.74) is 4.74. The minimum Gasteiger partial charge on any atom is -0.450 e. The molecule has 1 aromatic carbocycles. The number of hydrogen-bond donors (Lipinski definition) is 1. The van der Waals surface area contributed by atoms with Crippen LogP contribution in [0.1, 0.15) is 57.7 Å². The van der Waals surface area contributed by atoms with Crippen molar-refractivity contribution in [3.8, 4) is 0 Å². The number of furan rings is 1. The van der Waals surface area contributed by atoms with Crippen LogP contribution in [0.3, 0.4) is 0 Å². The third kappa shape index (κ3) is 2.96.